The topological polar surface area (TPSA) is 99.8 Å². The first-order valence-corrected chi connectivity index (χ1v) is 9.16. The van der Waals surface area contributed by atoms with E-state index in [2.05, 4.69) is 4.72 Å². The van der Waals surface area contributed by atoms with Gasteiger partial charge in [0.05, 0.1) is 23.6 Å². The van der Waals surface area contributed by atoms with Gasteiger partial charge >= 0.3 is 5.76 Å². The number of aromatic nitrogens is 1. The zero-order valence-corrected chi connectivity index (χ0v) is 14.4. The van der Waals surface area contributed by atoms with Crippen molar-refractivity contribution >= 4 is 21.1 Å². The molecule has 0 aliphatic carbocycles. The lowest BCUT2D eigenvalue weighted by atomic mass is 10.2. The SMILES string of the molecule is Cn1c(=O)oc2cc(S(=O)(=O)NCCC3(C)OCCCO3)ccc21. The van der Waals surface area contributed by atoms with E-state index in [1.165, 1.54) is 16.7 Å². The van der Waals surface area contributed by atoms with Crippen molar-refractivity contribution in [3.63, 3.8) is 0 Å². The number of nitrogens with zero attached hydrogens (tertiary/aromatic N) is 1. The predicted molar refractivity (Wildman–Crippen MR) is 86.2 cm³/mol. The lowest BCUT2D eigenvalue weighted by Crippen LogP contribution is -2.40. The highest BCUT2D eigenvalue weighted by Crippen LogP contribution is 2.22. The molecule has 0 bridgehead atoms. The molecule has 2 aromatic rings. The van der Waals surface area contributed by atoms with Crippen LogP contribution >= 0.6 is 0 Å². The van der Waals surface area contributed by atoms with Gasteiger partial charge in [0.2, 0.25) is 10.0 Å². The zero-order valence-electron chi connectivity index (χ0n) is 13.6. The van der Waals surface area contributed by atoms with Gasteiger partial charge < -0.3 is 13.9 Å². The number of oxazole rings is 1. The summed E-state index contributed by atoms with van der Waals surface area (Å²) in [6.07, 6.45) is 1.23. The van der Waals surface area contributed by atoms with Crippen LogP contribution in [-0.4, -0.2) is 38.5 Å². The minimum Gasteiger partial charge on any atom is -0.408 e. The fourth-order valence-electron chi connectivity index (χ4n) is 2.60. The summed E-state index contributed by atoms with van der Waals surface area (Å²) in [4.78, 5) is 11.5. The first-order chi connectivity index (χ1) is 11.3. The molecule has 1 saturated heterocycles. The van der Waals surface area contributed by atoms with E-state index in [1.54, 1.807) is 20.0 Å². The highest BCUT2D eigenvalue weighted by Gasteiger charge is 2.29. The highest BCUT2D eigenvalue weighted by molar-refractivity contribution is 7.89. The lowest BCUT2D eigenvalue weighted by Gasteiger charge is -2.33. The maximum Gasteiger partial charge on any atom is 0.419 e. The second-order valence-electron chi connectivity index (χ2n) is 5.89. The Hall–Kier alpha value is -1.68. The number of hydrogen-bond donors (Lipinski definition) is 1. The van der Waals surface area contributed by atoms with Gasteiger partial charge in [-0.15, -0.1) is 0 Å². The molecule has 0 atom stereocenters. The predicted octanol–water partition coefficient (Wildman–Crippen LogP) is 0.953. The summed E-state index contributed by atoms with van der Waals surface area (Å²) in [6.45, 7) is 3.18. The number of aryl methyl sites for hydroxylation is 1. The monoisotopic (exact) mass is 356 g/mol. The minimum absolute atomic E-state index is 0.0417. The summed E-state index contributed by atoms with van der Waals surface area (Å²) in [5.74, 6) is -1.30. The van der Waals surface area contributed by atoms with E-state index in [0.29, 0.717) is 25.2 Å². The Balaban J connectivity index is 1.72. The number of hydrogen-bond acceptors (Lipinski definition) is 6. The second kappa shape index (κ2) is 6.32. The summed E-state index contributed by atoms with van der Waals surface area (Å²) < 4.78 is 44.8. The van der Waals surface area contributed by atoms with Crippen LogP contribution in [0.1, 0.15) is 19.8 Å². The molecule has 1 fully saturated rings. The Bertz CT molecular complexity index is 892. The summed E-state index contributed by atoms with van der Waals surface area (Å²) in [5.41, 5.74) is 0.770. The summed E-state index contributed by atoms with van der Waals surface area (Å²) >= 11 is 0. The smallest absolute Gasteiger partial charge is 0.408 e. The van der Waals surface area contributed by atoms with Crippen LogP contribution in [0, 0.1) is 0 Å². The van der Waals surface area contributed by atoms with Gasteiger partial charge in [-0.2, -0.15) is 0 Å². The molecule has 1 N–H and O–H groups in total. The summed E-state index contributed by atoms with van der Waals surface area (Å²) in [5, 5.41) is 0. The third-order valence-electron chi connectivity index (χ3n) is 4.05. The van der Waals surface area contributed by atoms with Crippen molar-refractivity contribution in [1.82, 2.24) is 9.29 Å². The molecule has 1 aliphatic heterocycles. The molecule has 1 aromatic carbocycles. The van der Waals surface area contributed by atoms with E-state index < -0.39 is 21.6 Å². The lowest BCUT2D eigenvalue weighted by molar-refractivity contribution is -0.257. The van der Waals surface area contributed by atoms with Crippen LogP contribution in [0.3, 0.4) is 0 Å². The Morgan fingerprint density at radius 2 is 2.00 bits per heavy atom. The molecular formula is C15H20N2O6S. The van der Waals surface area contributed by atoms with Gasteiger partial charge in [-0.25, -0.2) is 17.9 Å². The molecule has 132 valence electrons. The third-order valence-corrected chi connectivity index (χ3v) is 5.51. The van der Waals surface area contributed by atoms with Crippen molar-refractivity contribution in [2.24, 2.45) is 7.05 Å². The highest BCUT2D eigenvalue weighted by atomic mass is 32.2. The average molecular weight is 356 g/mol. The van der Waals surface area contributed by atoms with Gasteiger partial charge in [-0.3, -0.25) is 4.57 Å². The fraction of sp³-hybridized carbons (Fsp3) is 0.533. The van der Waals surface area contributed by atoms with Crippen molar-refractivity contribution in [2.45, 2.75) is 30.4 Å². The second-order valence-corrected chi connectivity index (χ2v) is 7.66. The normalized spacial score (nSPS) is 18.1. The van der Waals surface area contributed by atoms with Crippen molar-refractivity contribution in [3.05, 3.63) is 28.7 Å². The maximum absolute atomic E-state index is 12.4. The molecule has 0 unspecified atom stereocenters. The van der Waals surface area contributed by atoms with Gasteiger partial charge in [-0.1, -0.05) is 0 Å². The van der Waals surface area contributed by atoms with Crippen LogP contribution < -0.4 is 10.5 Å². The molecule has 2 heterocycles. The van der Waals surface area contributed by atoms with E-state index in [-0.39, 0.29) is 17.0 Å². The molecule has 0 spiro atoms. The molecule has 0 amide bonds. The van der Waals surface area contributed by atoms with Gasteiger partial charge in [0.1, 0.15) is 0 Å². The molecule has 1 aromatic heterocycles. The number of nitrogens with one attached hydrogen (secondary N) is 1. The van der Waals surface area contributed by atoms with E-state index in [4.69, 9.17) is 13.9 Å². The zero-order chi connectivity index (χ0) is 17.4. The van der Waals surface area contributed by atoms with Crippen LogP contribution in [0.25, 0.3) is 11.1 Å². The molecule has 0 radical (unpaired) electrons. The van der Waals surface area contributed by atoms with Crippen molar-refractivity contribution in [1.29, 1.82) is 0 Å². The molecule has 8 nitrogen and oxygen atoms in total. The third kappa shape index (κ3) is 3.39. The van der Waals surface area contributed by atoms with Gasteiger partial charge in [0.25, 0.3) is 0 Å². The molecule has 24 heavy (non-hydrogen) atoms. The molecule has 9 heteroatoms. The largest absolute Gasteiger partial charge is 0.419 e. The Morgan fingerprint density at radius 1 is 1.29 bits per heavy atom. The van der Waals surface area contributed by atoms with Crippen LogP contribution in [-0.2, 0) is 26.5 Å². The summed E-state index contributed by atoms with van der Waals surface area (Å²) in [6, 6.07) is 4.33. The van der Waals surface area contributed by atoms with Gasteiger partial charge in [-0.05, 0) is 25.5 Å². The van der Waals surface area contributed by atoms with E-state index >= 15 is 0 Å². The number of sulfonamides is 1. The number of benzene rings is 1. The molecule has 1 aliphatic rings. The standard InChI is InChI=1S/C15H20N2O6S/c1-15(21-8-3-9-22-15)6-7-16-24(19,20)11-4-5-12-13(10-11)23-14(18)17(12)2/h4-5,10,16H,3,6-9H2,1-2H3. The van der Waals surface area contributed by atoms with Crippen molar-refractivity contribution in [3.8, 4) is 0 Å². The van der Waals surface area contributed by atoms with Crippen LogP contribution in [0.2, 0.25) is 0 Å². The minimum atomic E-state index is -3.72. The Kier molecular flexibility index (Phi) is 4.52. The average Bonchev–Trinajstić information content (AvgIpc) is 2.82. The van der Waals surface area contributed by atoms with Crippen LogP contribution in [0.5, 0.6) is 0 Å². The van der Waals surface area contributed by atoms with E-state index in [9.17, 15) is 13.2 Å². The first kappa shape index (κ1) is 17.2. The van der Waals surface area contributed by atoms with E-state index in [1.807, 2.05) is 0 Å². The molecular weight excluding hydrogens is 336 g/mol. The van der Waals surface area contributed by atoms with E-state index in [0.717, 1.165) is 6.42 Å². The van der Waals surface area contributed by atoms with Crippen molar-refractivity contribution < 1.29 is 22.3 Å². The Labute approximate surface area is 139 Å². The van der Waals surface area contributed by atoms with Gasteiger partial charge in [0, 0.05) is 26.1 Å². The number of ether oxygens (including phenoxy) is 2. The number of rotatable bonds is 5. The molecule has 0 saturated carbocycles. The van der Waals surface area contributed by atoms with Gasteiger partial charge in [0.15, 0.2) is 11.4 Å². The van der Waals surface area contributed by atoms with Crippen molar-refractivity contribution in [2.75, 3.05) is 19.8 Å². The maximum atomic E-state index is 12.4. The fourth-order valence-corrected chi connectivity index (χ4v) is 3.65. The summed E-state index contributed by atoms with van der Waals surface area (Å²) in [7, 11) is -2.15. The quantitative estimate of drug-likeness (QED) is 0.856. The Morgan fingerprint density at radius 3 is 2.71 bits per heavy atom. The first-order valence-electron chi connectivity index (χ1n) is 7.68. The number of fused-ring (bicyclic) bond motifs is 1. The van der Waals surface area contributed by atoms with Crippen LogP contribution in [0.4, 0.5) is 0 Å². The van der Waals surface area contributed by atoms with Crippen LogP contribution in [0.15, 0.2) is 32.3 Å². The molecule has 3 rings (SSSR count).